The molecule has 7 heteroatoms. The Labute approximate surface area is 217 Å². The molecule has 1 aromatic carbocycles. The first kappa shape index (κ1) is 27.0. The molecule has 0 spiro atoms. The highest BCUT2D eigenvalue weighted by atomic mass is 16.3. The fourth-order valence-corrected chi connectivity index (χ4v) is 7.06. The molecule has 1 aromatic rings. The van der Waals surface area contributed by atoms with Gasteiger partial charge in [-0.1, -0.05) is 51.5 Å². The van der Waals surface area contributed by atoms with E-state index in [1.807, 2.05) is 19.9 Å². The molecule has 3 aliphatic rings. The van der Waals surface area contributed by atoms with Crippen molar-refractivity contribution in [3.63, 3.8) is 0 Å². The number of carbonyl (C=O) groups excluding carboxylic acids is 3. The van der Waals surface area contributed by atoms with Gasteiger partial charge in [0.1, 0.15) is 11.5 Å². The summed E-state index contributed by atoms with van der Waals surface area (Å²) in [6, 6.07) is 1.85. The van der Waals surface area contributed by atoms with Crippen molar-refractivity contribution in [1.29, 1.82) is 0 Å². The summed E-state index contributed by atoms with van der Waals surface area (Å²) in [7, 11) is 0. The Morgan fingerprint density at radius 3 is 2.30 bits per heavy atom. The van der Waals surface area contributed by atoms with E-state index in [4.69, 9.17) is 0 Å². The number of ketones is 3. The molecule has 0 bridgehead atoms. The van der Waals surface area contributed by atoms with Crippen molar-refractivity contribution < 1.29 is 34.8 Å². The van der Waals surface area contributed by atoms with E-state index in [9.17, 15) is 34.8 Å². The maximum absolute atomic E-state index is 14.2. The van der Waals surface area contributed by atoms with Crippen LogP contribution < -0.4 is 0 Å². The second-order valence-electron chi connectivity index (χ2n) is 11.6. The number of phenols is 1. The van der Waals surface area contributed by atoms with Gasteiger partial charge in [-0.15, -0.1) is 0 Å². The van der Waals surface area contributed by atoms with Crippen LogP contribution in [0.15, 0.2) is 34.9 Å². The lowest BCUT2D eigenvalue weighted by atomic mass is 9.43. The molecule has 37 heavy (non-hydrogen) atoms. The summed E-state index contributed by atoms with van der Waals surface area (Å²) >= 11 is 0. The third kappa shape index (κ3) is 3.10. The lowest BCUT2D eigenvalue weighted by Crippen LogP contribution is -2.73. The second kappa shape index (κ2) is 8.23. The Bertz CT molecular complexity index is 1360. The number of carbonyl (C=O) groups is 3. The fourth-order valence-electron chi connectivity index (χ4n) is 7.06. The molecular weight excluding hydrogens is 472 g/mol. The third-order valence-electron chi connectivity index (χ3n) is 9.49. The van der Waals surface area contributed by atoms with Crippen LogP contribution in [0.3, 0.4) is 0 Å². The van der Waals surface area contributed by atoms with Crippen LogP contribution in [-0.4, -0.2) is 49.5 Å². The van der Waals surface area contributed by atoms with Crippen molar-refractivity contribution in [3.05, 3.63) is 57.2 Å². The van der Waals surface area contributed by atoms with Crippen LogP contribution in [-0.2, 0) is 20.8 Å². The molecule has 7 nitrogen and oxygen atoms in total. The van der Waals surface area contributed by atoms with Crippen molar-refractivity contribution in [2.24, 2.45) is 10.8 Å². The highest BCUT2D eigenvalue weighted by molar-refractivity contribution is 6.33. The predicted molar refractivity (Wildman–Crippen MR) is 139 cm³/mol. The van der Waals surface area contributed by atoms with Gasteiger partial charge in [-0.25, -0.2) is 0 Å². The topological polar surface area (TPSA) is 132 Å². The number of allylic oxidation sites excluding steroid dienone is 2. The van der Waals surface area contributed by atoms with Gasteiger partial charge in [-0.3, -0.25) is 14.4 Å². The number of hydrogen-bond acceptors (Lipinski definition) is 7. The summed E-state index contributed by atoms with van der Waals surface area (Å²) < 4.78 is 0. The summed E-state index contributed by atoms with van der Waals surface area (Å²) in [6.07, 6.45) is -0.430. The number of hydrogen-bond donors (Lipinski definition) is 4. The van der Waals surface area contributed by atoms with Crippen LogP contribution >= 0.6 is 0 Å². The average molecular weight is 509 g/mol. The zero-order valence-electron chi connectivity index (χ0n) is 22.6. The van der Waals surface area contributed by atoms with E-state index in [1.165, 1.54) is 13.8 Å². The predicted octanol–water partition coefficient (Wildman–Crippen LogP) is 4.16. The summed E-state index contributed by atoms with van der Waals surface area (Å²) in [6.45, 7) is 15.5. The molecular formula is C30H36O7. The zero-order chi connectivity index (χ0) is 28.0. The highest BCUT2D eigenvalue weighted by Gasteiger charge is 2.74. The van der Waals surface area contributed by atoms with Crippen molar-refractivity contribution in [1.82, 2.24) is 0 Å². The molecule has 4 rings (SSSR count). The van der Waals surface area contributed by atoms with Gasteiger partial charge in [0.05, 0.1) is 22.8 Å². The smallest absolute Gasteiger partial charge is 0.206 e. The minimum Gasteiger partial charge on any atom is -0.507 e. The van der Waals surface area contributed by atoms with Gasteiger partial charge in [0.25, 0.3) is 0 Å². The van der Waals surface area contributed by atoms with Crippen LogP contribution in [0.4, 0.5) is 0 Å². The Kier molecular flexibility index (Phi) is 6.01. The molecule has 198 valence electrons. The standard InChI is InChI=1S/C30H36O7/c1-9-13(2)10-18-14(3)11-19-16(5)29(8)22(24(33)21(19)23(18)32)26(35)30(37)25(34)20(17(6)31)15(4)12-28(30,7)27(29)36/h11,16,27,32-33,36-37H,2,9-10,12H2,1,3-8H3/t16-,27+,28+,29+,30+/m1/s1. The maximum atomic E-state index is 14.2. The Hall–Kier alpha value is -3.03. The molecule has 0 saturated heterocycles. The Morgan fingerprint density at radius 2 is 1.76 bits per heavy atom. The van der Waals surface area contributed by atoms with Crippen molar-refractivity contribution in [2.75, 3.05) is 0 Å². The number of aromatic hydroxyl groups is 1. The minimum absolute atomic E-state index is 0.0530. The lowest BCUT2D eigenvalue weighted by Gasteiger charge is -2.61. The van der Waals surface area contributed by atoms with E-state index in [0.29, 0.717) is 29.5 Å². The van der Waals surface area contributed by atoms with Crippen LogP contribution in [0.5, 0.6) is 5.75 Å². The van der Waals surface area contributed by atoms with Crippen LogP contribution in [0.2, 0.25) is 0 Å². The van der Waals surface area contributed by atoms with Gasteiger partial charge in [0.15, 0.2) is 11.4 Å². The van der Waals surface area contributed by atoms with Crippen LogP contribution in [0, 0.1) is 17.8 Å². The normalized spacial score (nSPS) is 33.2. The van der Waals surface area contributed by atoms with E-state index in [2.05, 4.69) is 6.58 Å². The highest BCUT2D eigenvalue weighted by Crippen LogP contribution is 2.65. The first-order chi connectivity index (χ1) is 17.0. The third-order valence-corrected chi connectivity index (χ3v) is 9.49. The second-order valence-corrected chi connectivity index (χ2v) is 11.6. The average Bonchev–Trinajstić information content (AvgIpc) is 2.81. The van der Waals surface area contributed by atoms with Crippen molar-refractivity contribution >= 4 is 23.1 Å². The number of aryl methyl sites for hydroxylation is 1. The largest absolute Gasteiger partial charge is 0.507 e. The van der Waals surface area contributed by atoms with Gasteiger partial charge in [-0.2, -0.15) is 0 Å². The Balaban J connectivity index is 2.06. The van der Waals surface area contributed by atoms with Crippen molar-refractivity contribution in [2.45, 2.75) is 85.4 Å². The summed E-state index contributed by atoms with van der Waals surface area (Å²) in [5.41, 5.74) is -3.13. The van der Waals surface area contributed by atoms with Gasteiger partial charge < -0.3 is 20.4 Å². The molecule has 0 aromatic heterocycles. The van der Waals surface area contributed by atoms with E-state index in [0.717, 1.165) is 11.1 Å². The number of phenolic OH excluding ortho intramolecular Hbond substituents is 1. The van der Waals surface area contributed by atoms with E-state index in [-0.39, 0.29) is 28.9 Å². The quantitative estimate of drug-likeness (QED) is 0.273. The van der Waals surface area contributed by atoms with E-state index in [1.54, 1.807) is 20.8 Å². The zero-order valence-corrected chi connectivity index (χ0v) is 22.6. The summed E-state index contributed by atoms with van der Waals surface area (Å²) in [4.78, 5) is 40.1. The van der Waals surface area contributed by atoms with Gasteiger partial charge >= 0.3 is 0 Å². The van der Waals surface area contributed by atoms with Crippen LogP contribution in [0.1, 0.15) is 82.6 Å². The number of Topliss-reactive ketones (excluding diaryl/α,β-unsaturated/α-hetero) is 3. The monoisotopic (exact) mass is 508 g/mol. The number of rotatable bonds is 4. The number of aliphatic hydroxyl groups is 3. The van der Waals surface area contributed by atoms with Gasteiger partial charge in [0, 0.05) is 16.4 Å². The molecule has 3 aliphatic carbocycles. The number of fused-ring (bicyclic) bond motifs is 3. The molecule has 4 N–H and O–H groups in total. The minimum atomic E-state index is -2.76. The molecule has 0 unspecified atom stereocenters. The molecule has 1 fully saturated rings. The number of aliphatic hydroxyl groups excluding tert-OH is 2. The first-order valence-electron chi connectivity index (χ1n) is 12.7. The Morgan fingerprint density at radius 1 is 1.16 bits per heavy atom. The van der Waals surface area contributed by atoms with Crippen molar-refractivity contribution in [3.8, 4) is 5.75 Å². The molecule has 0 radical (unpaired) electrons. The molecule has 1 saturated carbocycles. The fraction of sp³-hybridized carbons (Fsp3) is 0.500. The van der Waals surface area contributed by atoms with Gasteiger partial charge in [0.2, 0.25) is 11.6 Å². The first-order valence-corrected chi connectivity index (χ1v) is 12.7. The summed E-state index contributed by atoms with van der Waals surface area (Å²) in [5, 5.41) is 46.7. The van der Waals surface area contributed by atoms with E-state index < -0.39 is 51.6 Å². The molecule has 0 heterocycles. The molecule has 0 aliphatic heterocycles. The van der Waals surface area contributed by atoms with Gasteiger partial charge in [-0.05, 0) is 57.1 Å². The maximum Gasteiger partial charge on any atom is 0.206 e. The van der Waals surface area contributed by atoms with E-state index >= 15 is 0 Å². The molecule has 0 amide bonds. The SMILES string of the molecule is C=C(CC)Cc1c(C)cc2c(c1O)C(O)=C1C(=O)[C@@]3(O)C(=O)C(C(C)=O)=C(C)C[C@@]3(C)[C@H](O)[C@@]1(C)[C@@H]2C. The molecule has 5 atom stereocenters. The number of benzene rings is 1. The lowest BCUT2D eigenvalue weighted by molar-refractivity contribution is -0.197. The van der Waals surface area contributed by atoms with Crippen LogP contribution in [0.25, 0.3) is 5.76 Å². The summed E-state index contributed by atoms with van der Waals surface area (Å²) in [5.74, 6) is -4.03.